The lowest BCUT2D eigenvalue weighted by atomic mass is 9.45. The highest BCUT2D eigenvalue weighted by Crippen LogP contribution is 2.54. The minimum absolute atomic E-state index is 0.0708. The van der Waals surface area contributed by atoms with E-state index < -0.39 is 0 Å². The Labute approximate surface area is 322 Å². The van der Waals surface area contributed by atoms with E-state index in [0.717, 1.165) is 38.6 Å². The summed E-state index contributed by atoms with van der Waals surface area (Å²) in [6.07, 6.45) is 2.36. The predicted octanol–water partition coefficient (Wildman–Crippen LogP) is 12.7. The third-order valence-electron chi connectivity index (χ3n) is 13.6. The highest BCUT2D eigenvalue weighted by atomic mass is 32.1. The first-order valence-corrected chi connectivity index (χ1v) is 20.4. The number of nitrogens with zero attached hydrogens (tertiary/aromatic N) is 2. The van der Waals surface area contributed by atoms with Crippen LogP contribution in [-0.2, 0) is 10.8 Å². The van der Waals surface area contributed by atoms with Crippen molar-refractivity contribution in [3.63, 3.8) is 0 Å². The van der Waals surface area contributed by atoms with Gasteiger partial charge in [-0.1, -0.05) is 107 Å². The topological polar surface area (TPSA) is 34.5 Å². The van der Waals surface area contributed by atoms with Crippen molar-refractivity contribution in [2.75, 3.05) is 4.90 Å². The third kappa shape index (κ3) is 3.65. The molecule has 13 rings (SSSR count). The lowest BCUT2D eigenvalue weighted by Crippen LogP contribution is -2.56. The van der Waals surface area contributed by atoms with E-state index >= 15 is 0 Å². The van der Waals surface area contributed by atoms with Gasteiger partial charge in [0.25, 0.3) is 0 Å². The van der Waals surface area contributed by atoms with E-state index in [-0.39, 0.29) is 17.7 Å². The number of fused-ring (bicyclic) bond motifs is 16. The molecule has 3 aliphatic rings. The Hall–Kier alpha value is -5.72. The zero-order valence-corrected chi connectivity index (χ0v) is 32.3. The Balaban J connectivity index is 1.25. The van der Waals surface area contributed by atoms with Crippen LogP contribution in [0.4, 0.5) is 16.4 Å². The van der Waals surface area contributed by atoms with Gasteiger partial charge in [0.1, 0.15) is 16.7 Å². The Morgan fingerprint density at radius 1 is 0.636 bits per heavy atom. The van der Waals surface area contributed by atoms with E-state index in [1.807, 2.05) is 11.3 Å². The second kappa shape index (κ2) is 9.93. The maximum Gasteiger partial charge on any atom is 0.337 e. The molecule has 0 bridgehead atoms. The summed E-state index contributed by atoms with van der Waals surface area (Å²) in [5.74, 6) is 0. The smallest absolute Gasteiger partial charge is 0.337 e. The van der Waals surface area contributed by atoms with Gasteiger partial charge in [-0.15, -0.1) is 11.3 Å². The Morgan fingerprint density at radius 3 is 2.11 bits per heavy atom. The highest BCUT2D eigenvalue weighted by molar-refractivity contribution is 7.26. The lowest BCUT2D eigenvalue weighted by Gasteiger charge is -2.44. The van der Waals surface area contributed by atoms with Gasteiger partial charge in [0.05, 0.1) is 16.1 Å². The SMILES string of the molecule is Cc1cc2c(cc1N1c3cc4c(oc5ccccc54)c4c3B(c3c1sc1ccccc31)n1c3oc5ccccc5c3c3cccc-4c31)C(C)(C)CCC2(C)C. The molecule has 2 aliphatic heterocycles. The molecule has 0 spiro atoms. The molecule has 0 amide bonds. The zero-order valence-electron chi connectivity index (χ0n) is 31.5. The molecule has 6 heterocycles. The summed E-state index contributed by atoms with van der Waals surface area (Å²) in [6, 6.07) is 40.4. The molecule has 0 saturated carbocycles. The molecule has 6 aromatic carbocycles. The average molecular weight is 729 g/mol. The molecule has 0 radical (unpaired) electrons. The fourth-order valence-corrected chi connectivity index (χ4v) is 12.1. The van der Waals surface area contributed by atoms with Crippen molar-refractivity contribution in [2.45, 2.75) is 58.3 Å². The number of rotatable bonds is 1. The Kier molecular flexibility index (Phi) is 5.52. The van der Waals surface area contributed by atoms with Crippen LogP contribution in [0.2, 0.25) is 0 Å². The molecular formula is C49H37BN2O2S. The molecule has 1 aliphatic carbocycles. The summed E-state index contributed by atoms with van der Waals surface area (Å²) in [5, 5.41) is 8.42. The fourth-order valence-electron chi connectivity index (χ4n) is 10.8. The van der Waals surface area contributed by atoms with Crippen molar-refractivity contribution < 1.29 is 8.83 Å². The summed E-state index contributed by atoms with van der Waals surface area (Å²) in [5.41, 5.74) is 16.9. The summed E-state index contributed by atoms with van der Waals surface area (Å²) in [7, 11) is 0. The summed E-state index contributed by atoms with van der Waals surface area (Å²) >= 11 is 1.91. The predicted molar refractivity (Wildman–Crippen MR) is 232 cm³/mol. The van der Waals surface area contributed by atoms with Gasteiger partial charge in [-0.3, -0.25) is 0 Å². The number of furan rings is 2. The zero-order chi connectivity index (χ0) is 36.7. The second-order valence-electron chi connectivity index (χ2n) is 17.5. The third-order valence-corrected chi connectivity index (χ3v) is 14.7. The van der Waals surface area contributed by atoms with Gasteiger partial charge >= 0.3 is 6.85 Å². The molecule has 55 heavy (non-hydrogen) atoms. The van der Waals surface area contributed by atoms with Crippen LogP contribution in [0.15, 0.2) is 118 Å². The normalized spacial score (nSPS) is 16.5. The van der Waals surface area contributed by atoms with E-state index in [1.54, 1.807) is 0 Å². The molecule has 4 nitrogen and oxygen atoms in total. The number of benzene rings is 6. The number of aryl methyl sites for hydroxylation is 1. The first-order valence-electron chi connectivity index (χ1n) is 19.6. The average Bonchev–Trinajstić information content (AvgIpc) is 3.94. The number of aromatic nitrogens is 1. The van der Waals surface area contributed by atoms with Gasteiger partial charge in [-0.25, -0.2) is 0 Å². The molecule has 0 unspecified atom stereocenters. The number of hydrogen-bond donors (Lipinski definition) is 0. The standard InChI is InChI=1S/C49H37BN2O2S/c1-26-23-33-34(49(4,5)22-21-48(33,2)3)25-35(26)51-36-24-32-27-13-6-9-18-37(27)53-45(32)41-31-17-12-16-30-40-28-14-7-10-19-38(28)54-46(40)52(44(30)31)50(43(36)41)42-29-15-8-11-20-39(29)55-47(42)51/h6-20,23-25H,21-22H2,1-5H3. The van der Waals surface area contributed by atoms with E-state index in [9.17, 15) is 0 Å². The van der Waals surface area contributed by atoms with E-state index in [0.29, 0.717) is 0 Å². The van der Waals surface area contributed by atoms with Crippen LogP contribution in [0.1, 0.15) is 57.2 Å². The second-order valence-corrected chi connectivity index (χ2v) is 18.5. The molecule has 6 heteroatoms. The largest absolute Gasteiger partial charge is 0.455 e. The van der Waals surface area contributed by atoms with Crippen molar-refractivity contribution in [1.29, 1.82) is 0 Å². The molecule has 0 atom stereocenters. The molecular weight excluding hydrogens is 691 g/mol. The van der Waals surface area contributed by atoms with Crippen LogP contribution in [0.25, 0.3) is 76.1 Å². The van der Waals surface area contributed by atoms with Crippen LogP contribution in [0.3, 0.4) is 0 Å². The van der Waals surface area contributed by atoms with Crippen molar-refractivity contribution in [3.8, 4) is 11.1 Å². The highest BCUT2D eigenvalue weighted by Gasteiger charge is 2.48. The maximum atomic E-state index is 6.99. The van der Waals surface area contributed by atoms with Crippen molar-refractivity contribution >= 4 is 110 Å². The van der Waals surface area contributed by atoms with Gasteiger partial charge < -0.3 is 18.2 Å². The molecule has 0 fully saturated rings. The van der Waals surface area contributed by atoms with Crippen LogP contribution < -0.4 is 15.8 Å². The fraction of sp³-hybridized carbons (Fsp3) is 0.184. The van der Waals surface area contributed by atoms with Gasteiger partial charge in [0.15, 0.2) is 5.71 Å². The molecule has 10 aromatic rings. The Morgan fingerprint density at radius 2 is 1.31 bits per heavy atom. The van der Waals surface area contributed by atoms with Gasteiger partial charge in [0, 0.05) is 48.6 Å². The lowest BCUT2D eigenvalue weighted by molar-refractivity contribution is 0.332. The van der Waals surface area contributed by atoms with Gasteiger partial charge in [0.2, 0.25) is 0 Å². The summed E-state index contributed by atoms with van der Waals surface area (Å²) in [6.45, 7) is 11.9. The minimum Gasteiger partial charge on any atom is -0.455 e. The molecule has 0 N–H and O–H groups in total. The van der Waals surface area contributed by atoms with E-state index in [2.05, 4.69) is 153 Å². The van der Waals surface area contributed by atoms with Gasteiger partial charge in [-0.2, -0.15) is 0 Å². The van der Waals surface area contributed by atoms with Crippen LogP contribution in [-0.4, -0.2) is 11.3 Å². The molecule has 0 saturated heterocycles. The number of para-hydroxylation sites is 3. The van der Waals surface area contributed by atoms with Gasteiger partial charge in [-0.05, 0) is 93.9 Å². The van der Waals surface area contributed by atoms with Crippen LogP contribution in [0.5, 0.6) is 0 Å². The van der Waals surface area contributed by atoms with E-state index in [1.165, 1.54) is 94.3 Å². The first kappa shape index (κ1) is 30.6. The molecule has 4 aromatic heterocycles. The number of thiophene rings is 1. The van der Waals surface area contributed by atoms with Crippen molar-refractivity contribution in [1.82, 2.24) is 4.48 Å². The Bertz CT molecular complexity index is 3370. The summed E-state index contributed by atoms with van der Waals surface area (Å²) < 4.78 is 17.8. The first-order chi connectivity index (χ1) is 26.7. The minimum atomic E-state index is -0.131. The monoisotopic (exact) mass is 728 g/mol. The maximum absolute atomic E-state index is 6.99. The van der Waals surface area contributed by atoms with Crippen molar-refractivity contribution in [2.24, 2.45) is 0 Å². The van der Waals surface area contributed by atoms with Crippen LogP contribution >= 0.6 is 11.3 Å². The van der Waals surface area contributed by atoms with E-state index in [4.69, 9.17) is 8.83 Å². The summed E-state index contributed by atoms with van der Waals surface area (Å²) in [4.78, 5) is 2.63. The number of hydrogen-bond acceptors (Lipinski definition) is 4. The quantitative estimate of drug-likeness (QED) is 0.158. The molecule has 264 valence electrons. The van der Waals surface area contributed by atoms with Crippen molar-refractivity contribution in [3.05, 3.63) is 126 Å². The number of anilines is 3. The van der Waals surface area contributed by atoms with Crippen LogP contribution in [0, 0.1) is 6.92 Å².